The van der Waals surface area contributed by atoms with Gasteiger partial charge in [-0.3, -0.25) is 14.4 Å². The molecule has 1 aliphatic rings. The number of carbonyl (C=O) groups is 3. The fourth-order valence-electron chi connectivity index (χ4n) is 5.03. The molecule has 14 heteroatoms. The Balaban J connectivity index is 1.51. The van der Waals surface area contributed by atoms with Crippen LogP contribution in [-0.2, 0) is 25.8 Å². The van der Waals surface area contributed by atoms with Gasteiger partial charge in [-0.05, 0) is 54.7 Å². The summed E-state index contributed by atoms with van der Waals surface area (Å²) in [5.74, 6) is -3.72. The maximum absolute atomic E-state index is 15.0. The van der Waals surface area contributed by atoms with Crippen LogP contribution >= 0.6 is 0 Å². The first-order chi connectivity index (χ1) is 20.7. The smallest absolute Gasteiger partial charge is 0.496 e. The minimum Gasteiger partial charge on any atom is -0.496 e. The average Bonchev–Trinajstić information content (AvgIpc) is 3.44. The van der Waals surface area contributed by atoms with Gasteiger partial charge >= 0.3 is 11.5 Å². The first-order valence-electron chi connectivity index (χ1n) is 13.4. The van der Waals surface area contributed by atoms with Crippen molar-refractivity contribution >= 4 is 33.3 Å². The van der Waals surface area contributed by atoms with Crippen LogP contribution in [0.3, 0.4) is 0 Å². The number of anilines is 1. The van der Waals surface area contributed by atoms with Gasteiger partial charge in [0.15, 0.2) is 0 Å². The van der Waals surface area contributed by atoms with Crippen molar-refractivity contribution in [1.29, 1.82) is 0 Å². The lowest BCUT2D eigenvalue weighted by molar-refractivity contribution is -0.137. The maximum atomic E-state index is 15.0. The van der Waals surface area contributed by atoms with Crippen molar-refractivity contribution in [2.24, 2.45) is 5.92 Å². The van der Waals surface area contributed by atoms with E-state index in [2.05, 4.69) is 10.6 Å². The number of alkyl halides is 3. The van der Waals surface area contributed by atoms with Crippen LogP contribution in [0.2, 0.25) is 0 Å². The van der Waals surface area contributed by atoms with Gasteiger partial charge in [-0.25, -0.2) is 12.8 Å². The molecule has 0 spiro atoms. The van der Waals surface area contributed by atoms with E-state index in [4.69, 9.17) is 9.84 Å². The van der Waals surface area contributed by atoms with E-state index >= 15 is 4.39 Å². The third-order valence-electron chi connectivity index (χ3n) is 7.31. The Morgan fingerprint density at radius 3 is 2.36 bits per heavy atom. The predicted octanol–water partition coefficient (Wildman–Crippen LogP) is 5.35. The molecule has 1 fully saturated rings. The van der Waals surface area contributed by atoms with Gasteiger partial charge in [-0.1, -0.05) is 36.8 Å². The molecular formula is C30H28F4N2O7S. The highest BCUT2D eigenvalue weighted by Gasteiger charge is 2.47. The average molecular weight is 637 g/mol. The highest BCUT2D eigenvalue weighted by Crippen LogP contribution is 2.34. The number of nitrogens with one attached hydrogen (secondary N) is 2. The quantitative estimate of drug-likeness (QED) is 0.255. The molecule has 1 aliphatic carbocycles. The van der Waals surface area contributed by atoms with Gasteiger partial charge < -0.3 is 20.5 Å². The van der Waals surface area contributed by atoms with Crippen LogP contribution in [0, 0.1) is 11.7 Å². The standard InChI is InChI=1S/C30H28F4N2O7S/c1-43-26-16-24(31)22(18-11-8-17(9-12-18)10-13-27(37)38)15-23(26)29(40)36-25-7-3-6-21(25)28(39)35-19-4-2-5-20(14-19)44(41,42)30(32,33)34/h2,4-5,8-9,11-12,14-16,21,25H,3,6-7,10,13H2,1H3,(H,35,39)(H,36,40)(H,37,38)/t21-,25+/m0/s1. The van der Waals surface area contributed by atoms with Crippen LogP contribution in [0.4, 0.5) is 23.2 Å². The van der Waals surface area contributed by atoms with Crippen LogP contribution < -0.4 is 15.4 Å². The summed E-state index contributed by atoms with van der Waals surface area (Å²) in [5.41, 5.74) is -4.40. The van der Waals surface area contributed by atoms with Crippen molar-refractivity contribution < 1.29 is 50.2 Å². The molecular weight excluding hydrogens is 608 g/mol. The summed E-state index contributed by atoms with van der Waals surface area (Å²) in [4.78, 5) is 36.3. The first-order valence-corrected chi connectivity index (χ1v) is 14.9. The molecule has 234 valence electrons. The van der Waals surface area contributed by atoms with E-state index in [-0.39, 0.29) is 29.0 Å². The van der Waals surface area contributed by atoms with Crippen LogP contribution in [0.5, 0.6) is 5.75 Å². The molecule has 3 N–H and O–H groups in total. The number of ether oxygens (including phenoxy) is 1. The molecule has 4 rings (SSSR count). The largest absolute Gasteiger partial charge is 0.501 e. The highest BCUT2D eigenvalue weighted by atomic mass is 32.2. The van der Waals surface area contributed by atoms with Crippen LogP contribution in [0.25, 0.3) is 11.1 Å². The lowest BCUT2D eigenvalue weighted by Gasteiger charge is -2.22. The van der Waals surface area contributed by atoms with Gasteiger partial charge in [-0.15, -0.1) is 0 Å². The second kappa shape index (κ2) is 13.0. The number of methoxy groups -OCH3 is 1. The van der Waals surface area contributed by atoms with Crippen molar-refractivity contribution in [3.63, 3.8) is 0 Å². The number of carbonyl (C=O) groups excluding carboxylic acids is 2. The summed E-state index contributed by atoms with van der Waals surface area (Å²) < 4.78 is 82.7. The zero-order valence-electron chi connectivity index (χ0n) is 23.3. The number of sulfone groups is 1. The topological polar surface area (TPSA) is 139 Å². The Bertz CT molecular complexity index is 1680. The maximum Gasteiger partial charge on any atom is 0.501 e. The van der Waals surface area contributed by atoms with Crippen LogP contribution in [0.15, 0.2) is 65.6 Å². The molecule has 0 radical (unpaired) electrons. The number of carboxylic acid groups (broad SMARTS) is 1. The van der Waals surface area contributed by atoms with E-state index in [1.54, 1.807) is 24.3 Å². The highest BCUT2D eigenvalue weighted by molar-refractivity contribution is 7.92. The lowest BCUT2D eigenvalue weighted by Crippen LogP contribution is -2.42. The molecule has 9 nitrogen and oxygen atoms in total. The number of carboxylic acids is 1. The number of halogens is 4. The fraction of sp³-hybridized carbons (Fsp3) is 0.300. The van der Waals surface area contributed by atoms with E-state index in [9.17, 15) is 36.0 Å². The van der Waals surface area contributed by atoms with Gasteiger partial charge in [-0.2, -0.15) is 13.2 Å². The Hall–Kier alpha value is -4.46. The van der Waals surface area contributed by atoms with Gasteiger partial charge in [0.2, 0.25) is 5.91 Å². The van der Waals surface area contributed by atoms with E-state index < -0.39 is 55.8 Å². The molecule has 0 aromatic heterocycles. The molecule has 0 saturated heterocycles. The Morgan fingerprint density at radius 2 is 1.73 bits per heavy atom. The van der Waals surface area contributed by atoms with E-state index in [1.807, 2.05) is 0 Å². The molecule has 44 heavy (non-hydrogen) atoms. The van der Waals surface area contributed by atoms with Gasteiger partial charge in [0, 0.05) is 29.8 Å². The number of hydrogen-bond donors (Lipinski definition) is 3. The number of benzene rings is 3. The van der Waals surface area contributed by atoms with Crippen molar-refractivity contribution in [3.05, 3.63) is 77.6 Å². The fourth-order valence-corrected chi connectivity index (χ4v) is 5.83. The normalized spacial score (nSPS) is 16.8. The molecule has 0 unspecified atom stereocenters. The summed E-state index contributed by atoms with van der Waals surface area (Å²) in [6, 6.07) is 12.0. The van der Waals surface area contributed by atoms with Crippen LogP contribution in [-0.4, -0.2) is 50.0 Å². The molecule has 0 bridgehead atoms. The Morgan fingerprint density at radius 1 is 1.02 bits per heavy atom. The molecule has 3 aromatic rings. The summed E-state index contributed by atoms with van der Waals surface area (Å²) in [6.45, 7) is 0. The van der Waals surface area contributed by atoms with Crippen molar-refractivity contribution in [2.45, 2.75) is 48.5 Å². The minimum absolute atomic E-state index is 0.00466. The Kier molecular flexibility index (Phi) is 9.62. The monoisotopic (exact) mass is 636 g/mol. The predicted molar refractivity (Wildman–Crippen MR) is 151 cm³/mol. The van der Waals surface area contributed by atoms with Gasteiger partial charge in [0.1, 0.15) is 11.6 Å². The molecule has 2 amide bonds. The molecule has 3 aromatic carbocycles. The van der Waals surface area contributed by atoms with Crippen LogP contribution in [0.1, 0.15) is 41.6 Å². The third kappa shape index (κ3) is 7.18. The third-order valence-corrected chi connectivity index (χ3v) is 8.80. The zero-order valence-corrected chi connectivity index (χ0v) is 24.1. The number of aryl methyl sites for hydroxylation is 1. The van der Waals surface area contributed by atoms with Gasteiger partial charge in [0.25, 0.3) is 15.7 Å². The van der Waals surface area contributed by atoms with E-state index in [1.165, 1.54) is 19.2 Å². The molecule has 0 aliphatic heterocycles. The second-order valence-electron chi connectivity index (χ2n) is 10.2. The Labute approximate surface area is 250 Å². The van der Waals surface area contributed by atoms with E-state index in [0.717, 1.165) is 23.8 Å². The number of rotatable bonds is 10. The first kappa shape index (κ1) is 32.5. The lowest BCUT2D eigenvalue weighted by atomic mass is 9.98. The molecule has 0 heterocycles. The number of aliphatic carboxylic acids is 1. The summed E-state index contributed by atoms with van der Waals surface area (Å²) >= 11 is 0. The second-order valence-corrected chi connectivity index (χ2v) is 12.1. The summed E-state index contributed by atoms with van der Waals surface area (Å²) in [7, 11) is -4.36. The number of hydrogen-bond acceptors (Lipinski definition) is 6. The molecule has 2 atom stereocenters. The van der Waals surface area contributed by atoms with E-state index in [0.29, 0.717) is 37.3 Å². The zero-order chi connectivity index (χ0) is 32.2. The minimum atomic E-state index is -5.62. The van der Waals surface area contributed by atoms with Crippen molar-refractivity contribution in [1.82, 2.24) is 5.32 Å². The van der Waals surface area contributed by atoms with Crippen molar-refractivity contribution in [2.75, 3.05) is 12.4 Å². The SMILES string of the molecule is COc1cc(F)c(-c2ccc(CCC(=O)O)cc2)cc1C(=O)N[C@@H]1CCC[C@@H]1C(=O)Nc1cccc(S(=O)(=O)C(F)(F)F)c1. The molecule has 1 saturated carbocycles. The summed E-state index contributed by atoms with van der Waals surface area (Å²) in [6.07, 6.45) is 1.53. The van der Waals surface area contributed by atoms with Gasteiger partial charge in [0.05, 0.1) is 23.5 Å². The van der Waals surface area contributed by atoms with Crippen molar-refractivity contribution in [3.8, 4) is 16.9 Å². The summed E-state index contributed by atoms with van der Waals surface area (Å²) in [5, 5.41) is 14.1. The number of amides is 2.